The fraction of sp³-hybridized carbons (Fsp3) is 0.188. The molecule has 0 radical (unpaired) electrons. The molecular formula is C16H17ClN2O. The summed E-state index contributed by atoms with van der Waals surface area (Å²) in [7, 11) is 0. The van der Waals surface area contributed by atoms with Crippen molar-refractivity contribution in [3.05, 3.63) is 58.6 Å². The molecule has 0 fully saturated rings. The third kappa shape index (κ3) is 3.52. The second-order valence-electron chi connectivity index (χ2n) is 4.52. The molecule has 0 unspecified atom stereocenters. The van der Waals surface area contributed by atoms with Gasteiger partial charge in [0.25, 0.3) is 5.91 Å². The molecule has 2 aromatic carbocycles. The number of carbonyl (C=O) groups is 1. The Morgan fingerprint density at radius 3 is 2.50 bits per heavy atom. The molecule has 4 heteroatoms. The van der Waals surface area contributed by atoms with Gasteiger partial charge in [0, 0.05) is 28.5 Å². The first-order valence-electron chi connectivity index (χ1n) is 6.51. The number of hydrogen-bond donors (Lipinski definition) is 2. The highest BCUT2D eigenvalue weighted by molar-refractivity contribution is 6.31. The minimum absolute atomic E-state index is 0.140. The first kappa shape index (κ1) is 14.4. The van der Waals surface area contributed by atoms with E-state index in [9.17, 15) is 4.79 Å². The Kier molecular flexibility index (Phi) is 4.64. The van der Waals surface area contributed by atoms with E-state index in [1.54, 1.807) is 24.3 Å². The summed E-state index contributed by atoms with van der Waals surface area (Å²) in [6, 6.07) is 12.8. The fourth-order valence-electron chi connectivity index (χ4n) is 1.87. The van der Waals surface area contributed by atoms with Gasteiger partial charge in [-0.1, -0.05) is 17.7 Å². The van der Waals surface area contributed by atoms with Gasteiger partial charge in [-0.25, -0.2) is 0 Å². The van der Waals surface area contributed by atoms with E-state index in [0.29, 0.717) is 10.6 Å². The van der Waals surface area contributed by atoms with Crippen LogP contribution in [0.3, 0.4) is 0 Å². The highest BCUT2D eigenvalue weighted by atomic mass is 35.5. The number of hydrogen-bond acceptors (Lipinski definition) is 2. The number of halogens is 1. The van der Waals surface area contributed by atoms with E-state index in [1.165, 1.54) is 0 Å². The summed E-state index contributed by atoms with van der Waals surface area (Å²) in [5.74, 6) is -0.140. The highest BCUT2D eigenvalue weighted by Crippen LogP contribution is 2.21. The monoisotopic (exact) mass is 288 g/mol. The van der Waals surface area contributed by atoms with Crippen molar-refractivity contribution in [1.29, 1.82) is 0 Å². The van der Waals surface area contributed by atoms with Crippen molar-refractivity contribution in [3.8, 4) is 0 Å². The lowest BCUT2D eigenvalue weighted by Gasteiger charge is -2.09. The van der Waals surface area contributed by atoms with Crippen LogP contribution in [0, 0.1) is 6.92 Å². The smallest absolute Gasteiger partial charge is 0.255 e. The summed E-state index contributed by atoms with van der Waals surface area (Å²) >= 11 is 5.94. The van der Waals surface area contributed by atoms with Crippen LogP contribution in [0.5, 0.6) is 0 Å². The van der Waals surface area contributed by atoms with E-state index in [1.807, 2.05) is 32.0 Å². The molecule has 0 bridgehead atoms. The molecule has 0 aliphatic rings. The molecule has 3 nitrogen and oxygen atoms in total. The van der Waals surface area contributed by atoms with E-state index >= 15 is 0 Å². The van der Waals surface area contributed by atoms with Gasteiger partial charge < -0.3 is 10.6 Å². The van der Waals surface area contributed by atoms with Crippen LogP contribution in [0.4, 0.5) is 11.4 Å². The number of aryl methyl sites for hydroxylation is 1. The Morgan fingerprint density at radius 1 is 1.15 bits per heavy atom. The number of carbonyl (C=O) groups excluding carboxylic acids is 1. The number of anilines is 2. The van der Waals surface area contributed by atoms with Gasteiger partial charge in [-0.2, -0.15) is 0 Å². The topological polar surface area (TPSA) is 41.1 Å². The Morgan fingerprint density at radius 2 is 1.85 bits per heavy atom. The van der Waals surface area contributed by atoms with Crippen molar-refractivity contribution >= 4 is 28.9 Å². The molecule has 2 rings (SSSR count). The molecule has 2 aromatic rings. The van der Waals surface area contributed by atoms with Crippen LogP contribution in [0.15, 0.2) is 42.5 Å². The molecule has 0 aliphatic carbocycles. The molecule has 1 amide bonds. The van der Waals surface area contributed by atoms with Gasteiger partial charge in [0.05, 0.1) is 0 Å². The minimum atomic E-state index is -0.140. The van der Waals surface area contributed by atoms with Crippen molar-refractivity contribution in [3.63, 3.8) is 0 Å². The van der Waals surface area contributed by atoms with Gasteiger partial charge in [-0.3, -0.25) is 4.79 Å². The Labute approximate surface area is 124 Å². The van der Waals surface area contributed by atoms with Gasteiger partial charge in [-0.15, -0.1) is 0 Å². The predicted octanol–water partition coefficient (Wildman–Crippen LogP) is 4.33. The number of rotatable bonds is 4. The summed E-state index contributed by atoms with van der Waals surface area (Å²) in [5.41, 5.74) is 3.33. The first-order valence-corrected chi connectivity index (χ1v) is 6.89. The number of amides is 1. The van der Waals surface area contributed by atoms with Crippen LogP contribution >= 0.6 is 11.6 Å². The zero-order chi connectivity index (χ0) is 14.5. The van der Waals surface area contributed by atoms with E-state index in [-0.39, 0.29) is 5.91 Å². The molecule has 2 N–H and O–H groups in total. The lowest BCUT2D eigenvalue weighted by molar-refractivity contribution is 0.102. The lowest BCUT2D eigenvalue weighted by Crippen LogP contribution is -2.12. The molecule has 104 valence electrons. The molecular weight excluding hydrogens is 272 g/mol. The van der Waals surface area contributed by atoms with Crippen molar-refractivity contribution in [2.24, 2.45) is 0 Å². The zero-order valence-corrected chi connectivity index (χ0v) is 12.3. The van der Waals surface area contributed by atoms with Crippen LogP contribution in [0.1, 0.15) is 22.8 Å². The summed E-state index contributed by atoms with van der Waals surface area (Å²) in [5, 5.41) is 6.67. The highest BCUT2D eigenvalue weighted by Gasteiger charge is 2.08. The number of nitrogens with one attached hydrogen (secondary N) is 2. The van der Waals surface area contributed by atoms with E-state index in [2.05, 4.69) is 10.6 Å². The van der Waals surface area contributed by atoms with Crippen LogP contribution in [-0.4, -0.2) is 12.5 Å². The Bertz CT molecular complexity index is 608. The van der Waals surface area contributed by atoms with Gasteiger partial charge in [-0.05, 0) is 55.8 Å². The summed E-state index contributed by atoms with van der Waals surface area (Å²) in [6.45, 7) is 4.82. The first-order chi connectivity index (χ1) is 9.60. The maximum atomic E-state index is 12.2. The average molecular weight is 289 g/mol. The molecule has 0 atom stereocenters. The standard InChI is InChI=1S/C16H17ClN2O/c1-3-18-14-8-5-12(6-9-14)16(20)19-15-10-13(17)7-4-11(15)2/h4-10,18H,3H2,1-2H3,(H,19,20). The van der Waals surface area contributed by atoms with Crippen molar-refractivity contribution in [2.75, 3.05) is 17.2 Å². The molecule has 20 heavy (non-hydrogen) atoms. The zero-order valence-electron chi connectivity index (χ0n) is 11.5. The Hall–Kier alpha value is -2.00. The maximum absolute atomic E-state index is 12.2. The fourth-order valence-corrected chi connectivity index (χ4v) is 2.04. The van der Waals surface area contributed by atoms with E-state index in [4.69, 9.17) is 11.6 Å². The quantitative estimate of drug-likeness (QED) is 0.879. The van der Waals surface area contributed by atoms with Gasteiger partial charge >= 0.3 is 0 Å². The van der Waals surface area contributed by atoms with Crippen LogP contribution in [0.25, 0.3) is 0 Å². The second kappa shape index (κ2) is 6.44. The molecule has 0 aromatic heterocycles. The van der Waals surface area contributed by atoms with Gasteiger partial charge in [0.15, 0.2) is 0 Å². The van der Waals surface area contributed by atoms with Crippen LogP contribution < -0.4 is 10.6 Å². The van der Waals surface area contributed by atoms with Crippen molar-refractivity contribution < 1.29 is 4.79 Å². The molecule has 0 aliphatic heterocycles. The second-order valence-corrected chi connectivity index (χ2v) is 4.96. The Balaban J connectivity index is 2.13. The SMILES string of the molecule is CCNc1ccc(C(=O)Nc2cc(Cl)ccc2C)cc1. The summed E-state index contributed by atoms with van der Waals surface area (Å²) < 4.78 is 0. The van der Waals surface area contributed by atoms with Crippen molar-refractivity contribution in [2.45, 2.75) is 13.8 Å². The van der Waals surface area contributed by atoms with E-state index in [0.717, 1.165) is 23.5 Å². The summed E-state index contributed by atoms with van der Waals surface area (Å²) in [6.07, 6.45) is 0. The normalized spacial score (nSPS) is 10.2. The minimum Gasteiger partial charge on any atom is -0.385 e. The average Bonchev–Trinajstić information content (AvgIpc) is 2.44. The largest absolute Gasteiger partial charge is 0.385 e. The maximum Gasteiger partial charge on any atom is 0.255 e. The van der Waals surface area contributed by atoms with E-state index < -0.39 is 0 Å². The molecule has 0 spiro atoms. The van der Waals surface area contributed by atoms with Crippen molar-refractivity contribution in [1.82, 2.24) is 0 Å². The third-order valence-electron chi connectivity index (χ3n) is 2.98. The number of benzene rings is 2. The summed E-state index contributed by atoms with van der Waals surface area (Å²) in [4.78, 5) is 12.2. The molecule has 0 saturated heterocycles. The molecule has 0 saturated carbocycles. The molecule has 0 heterocycles. The van der Waals surface area contributed by atoms with Gasteiger partial charge in [0.1, 0.15) is 0 Å². The predicted molar refractivity (Wildman–Crippen MR) is 84.7 cm³/mol. The third-order valence-corrected chi connectivity index (χ3v) is 3.21. The lowest BCUT2D eigenvalue weighted by atomic mass is 10.1. The van der Waals surface area contributed by atoms with Crippen LogP contribution in [-0.2, 0) is 0 Å². The van der Waals surface area contributed by atoms with Crippen LogP contribution in [0.2, 0.25) is 5.02 Å². The van der Waals surface area contributed by atoms with Gasteiger partial charge in [0.2, 0.25) is 0 Å².